The molecule has 1 N–H and O–H groups in total. The summed E-state index contributed by atoms with van der Waals surface area (Å²) >= 11 is 6.90. The summed E-state index contributed by atoms with van der Waals surface area (Å²) in [5.74, 6) is 0.545. The van der Waals surface area contributed by atoms with Crippen molar-refractivity contribution in [3.05, 3.63) is 92.4 Å². The Morgan fingerprint density at radius 2 is 1.77 bits per heavy atom. The van der Waals surface area contributed by atoms with Crippen LogP contribution in [0.4, 0.5) is 5.69 Å². The van der Waals surface area contributed by atoms with Gasteiger partial charge in [0.25, 0.3) is 5.91 Å². The quantitative estimate of drug-likeness (QED) is 0.279. The van der Waals surface area contributed by atoms with Crippen LogP contribution in [-0.4, -0.2) is 13.0 Å². The number of ether oxygens (including phenoxy) is 2. The van der Waals surface area contributed by atoms with Gasteiger partial charge in [0, 0.05) is 14.6 Å². The lowest BCUT2D eigenvalue weighted by Crippen LogP contribution is -2.13. The molecule has 0 heterocycles. The van der Waals surface area contributed by atoms with E-state index in [1.54, 1.807) is 36.4 Å². The van der Waals surface area contributed by atoms with E-state index in [4.69, 9.17) is 9.47 Å². The molecular formula is C24H18Br2N2O3. The maximum Gasteiger partial charge on any atom is 0.266 e. The van der Waals surface area contributed by atoms with Crippen molar-refractivity contribution >= 4 is 49.5 Å². The lowest BCUT2D eigenvalue weighted by Gasteiger charge is -2.13. The predicted molar refractivity (Wildman–Crippen MR) is 128 cm³/mol. The monoisotopic (exact) mass is 540 g/mol. The van der Waals surface area contributed by atoms with E-state index < -0.39 is 5.91 Å². The minimum Gasteiger partial charge on any atom is -0.493 e. The molecule has 3 rings (SSSR count). The fourth-order valence-corrected chi connectivity index (χ4v) is 3.40. The van der Waals surface area contributed by atoms with Crippen LogP contribution in [0.1, 0.15) is 11.1 Å². The van der Waals surface area contributed by atoms with Gasteiger partial charge in [-0.3, -0.25) is 4.79 Å². The van der Waals surface area contributed by atoms with Crippen LogP contribution in [0.3, 0.4) is 0 Å². The molecule has 0 aliphatic carbocycles. The highest BCUT2D eigenvalue weighted by Crippen LogP contribution is 2.35. The number of nitriles is 1. The first kappa shape index (κ1) is 22.6. The molecule has 0 unspecified atom stereocenters. The zero-order valence-electron chi connectivity index (χ0n) is 16.6. The number of nitrogens with one attached hydrogen (secondary N) is 1. The normalized spacial score (nSPS) is 10.8. The van der Waals surface area contributed by atoms with Crippen molar-refractivity contribution in [2.24, 2.45) is 0 Å². The summed E-state index contributed by atoms with van der Waals surface area (Å²) < 4.78 is 13.0. The SMILES string of the molecule is COc1cc(C=C(C#N)C(=O)Nc2ccccc2)c(Br)cc1OCc1ccc(Br)cc1. The summed E-state index contributed by atoms with van der Waals surface area (Å²) in [6.07, 6.45) is 1.50. The second kappa shape index (κ2) is 10.8. The van der Waals surface area contributed by atoms with Gasteiger partial charge in [-0.1, -0.05) is 62.2 Å². The Bertz CT molecular complexity index is 1140. The Morgan fingerprint density at radius 3 is 2.42 bits per heavy atom. The van der Waals surface area contributed by atoms with Crippen molar-refractivity contribution in [3.8, 4) is 17.6 Å². The number of benzene rings is 3. The molecule has 1 amide bonds. The van der Waals surface area contributed by atoms with Crippen LogP contribution in [0.2, 0.25) is 0 Å². The number of anilines is 1. The second-order valence-electron chi connectivity index (χ2n) is 6.43. The lowest BCUT2D eigenvalue weighted by molar-refractivity contribution is -0.112. The molecule has 0 saturated heterocycles. The Hall–Kier alpha value is -3.08. The number of hydrogen-bond donors (Lipinski definition) is 1. The second-order valence-corrected chi connectivity index (χ2v) is 8.20. The first-order valence-electron chi connectivity index (χ1n) is 9.23. The minimum atomic E-state index is -0.491. The van der Waals surface area contributed by atoms with E-state index in [1.807, 2.05) is 36.4 Å². The van der Waals surface area contributed by atoms with Crippen LogP contribution >= 0.6 is 31.9 Å². The highest BCUT2D eigenvalue weighted by atomic mass is 79.9. The molecule has 3 aromatic rings. The van der Waals surface area contributed by atoms with Gasteiger partial charge in [-0.25, -0.2) is 0 Å². The van der Waals surface area contributed by atoms with Gasteiger partial charge >= 0.3 is 0 Å². The van der Waals surface area contributed by atoms with Crippen molar-refractivity contribution < 1.29 is 14.3 Å². The molecule has 0 spiro atoms. The van der Waals surface area contributed by atoms with Gasteiger partial charge in [0.05, 0.1) is 7.11 Å². The Morgan fingerprint density at radius 1 is 1.06 bits per heavy atom. The summed E-state index contributed by atoms with van der Waals surface area (Å²) in [7, 11) is 1.54. The highest BCUT2D eigenvalue weighted by Gasteiger charge is 2.14. The summed E-state index contributed by atoms with van der Waals surface area (Å²) in [5.41, 5.74) is 2.21. The van der Waals surface area contributed by atoms with E-state index in [9.17, 15) is 10.1 Å². The number of rotatable bonds is 7. The smallest absolute Gasteiger partial charge is 0.266 e. The van der Waals surface area contributed by atoms with E-state index in [2.05, 4.69) is 37.2 Å². The van der Waals surface area contributed by atoms with Gasteiger partial charge in [-0.15, -0.1) is 0 Å². The minimum absolute atomic E-state index is 0.0323. The largest absolute Gasteiger partial charge is 0.493 e. The summed E-state index contributed by atoms with van der Waals surface area (Å²) in [6.45, 7) is 0.369. The maximum absolute atomic E-state index is 12.5. The first-order chi connectivity index (χ1) is 15.0. The fourth-order valence-electron chi connectivity index (χ4n) is 2.70. The fraction of sp³-hybridized carbons (Fsp3) is 0.0833. The van der Waals surface area contributed by atoms with Crippen LogP contribution in [0.25, 0.3) is 6.08 Å². The molecule has 0 atom stereocenters. The van der Waals surface area contributed by atoms with Crippen molar-refractivity contribution in [1.29, 1.82) is 5.26 Å². The number of methoxy groups -OCH3 is 1. The highest BCUT2D eigenvalue weighted by molar-refractivity contribution is 9.10. The third kappa shape index (κ3) is 6.20. The number of carbonyl (C=O) groups is 1. The third-order valence-electron chi connectivity index (χ3n) is 4.29. The zero-order valence-corrected chi connectivity index (χ0v) is 19.7. The van der Waals surface area contributed by atoms with Gasteiger partial charge in [-0.05, 0) is 53.6 Å². The standard InChI is InChI=1S/C24H18Br2N2O3/c1-30-22-12-17(11-18(14-27)24(29)28-20-5-3-2-4-6-20)21(26)13-23(22)31-15-16-7-9-19(25)10-8-16/h2-13H,15H2,1H3,(H,28,29). The van der Waals surface area contributed by atoms with E-state index in [-0.39, 0.29) is 5.57 Å². The van der Waals surface area contributed by atoms with Crippen LogP contribution in [0.5, 0.6) is 11.5 Å². The molecule has 0 aromatic heterocycles. The number of para-hydroxylation sites is 1. The van der Waals surface area contributed by atoms with Gasteiger partial charge in [-0.2, -0.15) is 5.26 Å². The maximum atomic E-state index is 12.5. The van der Waals surface area contributed by atoms with Gasteiger partial charge in [0.1, 0.15) is 18.2 Å². The first-order valence-corrected chi connectivity index (χ1v) is 10.8. The van der Waals surface area contributed by atoms with Crippen molar-refractivity contribution in [1.82, 2.24) is 0 Å². The van der Waals surface area contributed by atoms with Gasteiger partial charge < -0.3 is 14.8 Å². The van der Waals surface area contributed by atoms with Crippen LogP contribution in [0.15, 0.2) is 81.2 Å². The summed E-state index contributed by atoms with van der Waals surface area (Å²) in [6, 6.07) is 22.2. The number of hydrogen-bond acceptors (Lipinski definition) is 4. The van der Waals surface area contributed by atoms with Crippen molar-refractivity contribution in [2.75, 3.05) is 12.4 Å². The number of amides is 1. The molecule has 5 nitrogen and oxygen atoms in total. The van der Waals surface area contributed by atoms with Gasteiger partial charge in [0.15, 0.2) is 11.5 Å². The molecule has 0 saturated carbocycles. The third-order valence-corrected chi connectivity index (χ3v) is 5.50. The molecule has 0 aliphatic rings. The van der Waals surface area contributed by atoms with Crippen molar-refractivity contribution in [2.45, 2.75) is 6.61 Å². The zero-order chi connectivity index (χ0) is 22.2. The van der Waals surface area contributed by atoms with E-state index in [1.165, 1.54) is 13.2 Å². The predicted octanol–water partition coefficient (Wildman–Crippen LogP) is 6.34. The van der Waals surface area contributed by atoms with Gasteiger partial charge in [0.2, 0.25) is 0 Å². The summed E-state index contributed by atoms with van der Waals surface area (Å²) in [4.78, 5) is 12.5. The number of nitrogens with zero attached hydrogens (tertiary/aromatic N) is 1. The van der Waals surface area contributed by atoms with E-state index in [0.717, 1.165) is 10.0 Å². The van der Waals surface area contributed by atoms with E-state index >= 15 is 0 Å². The van der Waals surface area contributed by atoms with Crippen LogP contribution in [-0.2, 0) is 11.4 Å². The van der Waals surface area contributed by atoms with Crippen molar-refractivity contribution in [3.63, 3.8) is 0 Å². The molecule has 156 valence electrons. The molecule has 0 radical (unpaired) electrons. The topological polar surface area (TPSA) is 71.3 Å². The lowest BCUT2D eigenvalue weighted by atomic mass is 10.1. The molecule has 7 heteroatoms. The Kier molecular flexibility index (Phi) is 7.88. The Labute approximate surface area is 197 Å². The molecular weight excluding hydrogens is 524 g/mol. The van der Waals surface area contributed by atoms with E-state index in [0.29, 0.717) is 33.8 Å². The average molecular weight is 542 g/mol. The van der Waals surface area contributed by atoms with Crippen LogP contribution < -0.4 is 14.8 Å². The average Bonchev–Trinajstić information content (AvgIpc) is 2.78. The number of halogens is 2. The molecule has 0 aliphatic heterocycles. The Balaban J connectivity index is 1.81. The molecule has 0 bridgehead atoms. The van der Waals surface area contributed by atoms with Crippen LogP contribution in [0, 0.1) is 11.3 Å². The number of carbonyl (C=O) groups excluding carboxylic acids is 1. The molecule has 0 fully saturated rings. The molecule has 3 aromatic carbocycles. The summed E-state index contributed by atoms with van der Waals surface area (Å²) in [5, 5.41) is 12.2. The molecule has 31 heavy (non-hydrogen) atoms.